The summed E-state index contributed by atoms with van der Waals surface area (Å²) in [5, 5.41) is 4.23. The third-order valence-corrected chi connectivity index (χ3v) is 3.47. The molecule has 0 aliphatic heterocycles. The Bertz CT molecular complexity index is 429. The van der Waals surface area contributed by atoms with E-state index in [1.807, 2.05) is 0 Å². The number of anilines is 1. The molecule has 0 heterocycles. The van der Waals surface area contributed by atoms with Crippen molar-refractivity contribution in [2.24, 2.45) is 0 Å². The van der Waals surface area contributed by atoms with Crippen LogP contribution in [0.25, 0.3) is 0 Å². The van der Waals surface area contributed by atoms with Crippen LogP contribution in [-0.4, -0.2) is 19.1 Å². The van der Waals surface area contributed by atoms with E-state index in [4.69, 9.17) is 39.5 Å². The summed E-state index contributed by atoms with van der Waals surface area (Å²) < 4.78 is 4.77. The highest BCUT2D eigenvalue weighted by Crippen LogP contribution is 2.34. The number of halogens is 3. The van der Waals surface area contributed by atoms with Crippen molar-refractivity contribution >= 4 is 46.5 Å². The van der Waals surface area contributed by atoms with E-state index in [0.717, 1.165) is 12.8 Å². The standard InChI is InChI=1S/C13H16Cl3NO2/c1-3-4-5-11(13(18)19-2)17-12-9(15)6-8(14)7-10(12)16/h6-7,11,17H,3-5H2,1-2H3. The summed E-state index contributed by atoms with van der Waals surface area (Å²) in [6.45, 7) is 2.05. The normalized spacial score (nSPS) is 12.1. The molecule has 19 heavy (non-hydrogen) atoms. The Morgan fingerprint density at radius 2 is 1.89 bits per heavy atom. The minimum absolute atomic E-state index is 0.337. The number of unbranched alkanes of at least 4 members (excludes halogenated alkanes) is 1. The number of nitrogens with one attached hydrogen (secondary N) is 1. The number of hydrogen-bond acceptors (Lipinski definition) is 3. The van der Waals surface area contributed by atoms with Gasteiger partial charge in [0.2, 0.25) is 0 Å². The molecule has 0 saturated carbocycles. The molecular weight excluding hydrogens is 309 g/mol. The second-order valence-corrected chi connectivity index (χ2v) is 5.36. The number of ether oxygens (including phenoxy) is 1. The zero-order chi connectivity index (χ0) is 14.4. The molecular formula is C13H16Cl3NO2. The summed E-state index contributed by atoms with van der Waals surface area (Å²) in [5.74, 6) is -0.337. The molecule has 6 heteroatoms. The van der Waals surface area contributed by atoms with Crippen LogP contribution in [-0.2, 0) is 9.53 Å². The van der Waals surface area contributed by atoms with Gasteiger partial charge in [0.25, 0.3) is 0 Å². The molecule has 0 fully saturated rings. The largest absolute Gasteiger partial charge is 0.467 e. The van der Waals surface area contributed by atoms with Gasteiger partial charge < -0.3 is 10.1 Å². The van der Waals surface area contributed by atoms with Crippen molar-refractivity contribution in [1.29, 1.82) is 0 Å². The molecule has 0 saturated heterocycles. The van der Waals surface area contributed by atoms with Crippen LogP contribution in [0.15, 0.2) is 12.1 Å². The number of benzene rings is 1. The van der Waals surface area contributed by atoms with Crippen molar-refractivity contribution in [3.05, 3.63) is 27.2 Å². The predicted molar refractivity (Wildman–Crippen MR) is 80.4 cm³/mol. The predicted octanol–water partition coefficient (Wildman–Crippen LogP) is 4.79. The highest BCUT2D eigenvalue weighted by atomic mass is 35.5. The van der Waals surface area contributed by atoms with E-state index in [-0.39, 0.29) is 5.97 Å². The van der Waals surface area contributed by atoms with Crippen LogP contribution in [0, 0.1) is 0 Å². The summed E-state index contributed by atoms with van der Waals surface area (Å²) in [7, 11) is 1.36. The van der Waals surface area contributed by atoms with E-state index >= 15 is 0 Å². The molecule has 1 atom stereocenters. The van der Waals surface area contributed by atoms with Gasteiger partial charge in [-0.2, -0.15) is 0 Å². The van der Waals surface area contributed by atoms with Gasteiger partial charge in [0.15, 0.2) is 0 Å². The third kappa shape index (κ3) is 4.75. The molecule has 0 amide bonds. The first-order valence-electron chi connectivity index (χ1n) is 5.98. The van der Waals surface area contributed by atoms with Crippen LogP contribution >= 0.6 is 34.8 Å². The van der Waals surface area contributed by atoms with Gasteiger partial charge in [-0.15, -0.1) is 0 Å². The molecule has 1 N–H and O–H groups in total. The second-order valence-electron chi connectivity index (χ2n) is 4.11. The molecule has 1 rings (SSSR count). The smallest absolute Gasteiger partial charge is 0.328 e. The Morgan fingerprint density at radius 3 is 2.37 bits per heavy atom. The van der Waals surface area contributed by atoms with Crippen molar-refractivity contribution < 1.29 is 9.53 Å². The molecule has 1 aromatic rings. The fourth-order valence-electron chi connectivity index (χ4n) is 1.65. The maximum atomic E-state index is 11.7. The van der Waals surface area contributed by atoms with E-state index in [2.05, 4.69) is 12.2 Å². The molecule has 0 bridgehead atoms. The molecule has 106 valence electrons. The zero-order valence-corrected chi connectivity index (χ0v) is 13.1. The summed E-state index contributed by atoms with van der Waals surface area (Å²) in [6.07, 6.45) is 2.53. The highest BCUT2D eigenvalue weighted by Gasteiger charge is 2.20. The van der Waals surface area contributed by atoms with Crippen LogP contribution in [0.1, 0.15) is 26.2 Å². The monoisotopic (exact) mass is 323 g/mol. The molecule has 0 aromatic heterocycles. The average Bonchev–Trinajstić information content (AvgIpc) is 2.36. The van der Waals surface area contributed by atoms with Gasteiger partial charge >= 0.3 is 5.97 Å². The molecule has 0 spiro atoms. The number of carbonyl (C=O) groups is 1. The Morgan fingerprint density at radius 1 is 1.32 bits per heavy atom. The van der Waals surface area contributed by atoms with Crippen LogP contribution < -0.4 is 5.32 Å². The topological polar surface area (TPSA) is 38.3 Å². The lowest BCUT2D eigenvalue weighted by molar-refractivity contribution is -0.141. The van der Waals surface area contributed by atoms with Gasteiger partial charge in [0.05, 0.1) is 22.8 Å². The minimum Gasteiger partial charge on any atom is -0.467 e. The molecule has 0 aliphatic carbocycles. The summed E-state index contributed by atoms with van der Waals surface area (Å²) in [5.41, 5.74) is 0.499. The third-order valence-electron chi connectivity index (χ3n) is 2.66. The number of carbonyl (C=O) groups excluding carboxylic acids is 1. The Hall–Kier alpha value is -0.640. The number of hydrogen-bond donors (Lipinski definition) is 1. The van der Waals surface area contributed by atoms with Crippen molar-refractivity contribution in [3.63, 3.8) is 0 Å². The van der Waals surface area contributed by atoms with Gasteiger partial charge in [-0.05, 0) is 18.6 Å². The minimum atomic E-state index is -0.471. The lowest BCUT2D eigenvalue weighted by Gasteiger charge is -2.19. The fourth-order valence-corrected chi connectivity index (χ4v) is 2.58. The van der Waals surface area contributed by atoms with Crippen LogP contribution in [0.2, 0.25) is 15.1 Å². The number of rotatable bonds is 6. The van der Waals surface area contributed by atoms with Gasteiger partial charge in [0, 0.05) is 5.02 Å². The summed E-state index contributed by atoms with van der Waals surface area (Å²) in [6, 6.07) is 2.68. The van der Waals surface area contributed by atoms with Gasteiger partial charge in [-0.25, -0.2) is 4.79 Å². The average molecular weight is 325 g/mol. The van der Waals surface area contributed by atoms with Gasteiger partial charge in [-0.1, -0.05) is 54.6 Å². The van der Waals surface area contributed by atoms with Crippen molar-refractivity contribution in [1.82, 2.24) is 0 Å². The summed E-state index contributed by atoms with van der Waals surface area (Å²) in [4.78, 5) is 11.7. The van der Waals surface area contributed by atoms with E-state index in [1.165, 1.54) is 7.11 Å². The lowest BCUT2D eigenvalue weighted by Crippen LogP contribution is -2.30. The van der Waals surface area contributed by atoms with E-state index < -0.39 is 6.04 Å². The molecule has 0 radical (unpaired) electrons. The lowest BCUT2D eigenvalue weighted by atomic mass is 10.1. The van der Waals surface area contributed by atoms with Crippen molar-refractivity contribution in [2.75, 3.05) is 12.4 Å². The SMILES string of the molecule is CCCCC(Nc1c(Cl)cc(Cl)cc1Cl)C(=O)OC. The van der Waals surface area contributed by atoms with Gasteiger partial charge in [0.1, 0.15) is 6.04 Å². The number of methoxy groups -OCH3 is 1. The second kappa shape index (κ2) is 7.83. The maximum absolute atomic E-state index is 11.7. The first-order valence-corrected chi connectivity index (χ1v) is 7.11. The van der Waals surface area contributed by atoms with Crippen LogP contribution in [0.5, 0.6) is 0 Å². The quantitative estimate of drug-likeness (QED) is 0.765. The van der Waals surface area contributed by atoms with E-state index in [1.54, 1.807) is 12.1 Å². The van der Waals surface area contributed by atoms with Crippen LogP contribution in [0.4, 0.5) is 5.69 Å². The first kappa shape index (κ1) is 16.4. The van der Waals surface area contributed by atoms with Crippen LogP contribution in [0.3, 0.4) is 0 Å². The molecule has 1 aromatic carbocycles. The number of esters is 1. The maximum Gasteiger partial charge on any atom is 0.328 e. The Kier molecular flexibility index (Phi) is 6.76. The van der Waals surface area contributed by atoms with Gasteiger partial charge in [-0.3, -0.25) is 0 Å². The van der Waals surface area contributed by atoms with Crippen molar-refractivity contribution in [2.45, 2.75) is 32.2 Å². The molecule has 1 unspecified atom stereocenters. The first-order chi connectivity index (χ1) is 8.99. The van der Waals surface area contributed by atoms with E-state index in [0.29, 0.717) is 27.2 Å². The Balaban J connectivity index is 2.92. The molecule has 0 aliphatic rings. The summed E-state index contributed by atoms with van der Waals surface area (Å²) >= 11 is 18.0. The zero-order valence-electron chi connectivity index (χ0n) is 10.8. The highest BCUT2D eigenvalue weighted by molar-refractivity contribution is 6.41. The van der Waals surface area contributed by atoms with Crippen molar-refractivity contribution in [3.8, 4) is 0 Å². The van der Waals surface area contributed by atoms with E-state index in [9.17, 15) is 4.79 Å². The molecule has 3 nitrogen and oxygen atoms in total. The Labute approximate surface area is 128 Å². The fraction of sp³-hybridized carbons (Fsp3) is 0.462.